The Bertz CT molecular complexity index is 113. The van der Waals surface area contributed by atoms with Crippen LogP contribution in [0.4, 0.5) is 0 Å². The lowest BCUT2D eigenvalue weighted by molar-refractivity contribution is 0.308. The normalized spacial score (nSPS) is 17.5. The monoisotopic (exact) mass is 171 g/mol. The Hall–Kier alpha value is -0.0400. The summed E-state index contributed by atoms with van der Waals surface area (Å²) in [4.78, 5) is 0. The molecule has 2 unspecified atom stereocenters. The molecular weight excluding hydrogens is 146 g/mol. The fraction of sp³-hybridized carbons (Fsp3) is 1.00. The minimum Gasteiger partial charge on any atom is -0.328 e. The van der Waals surface area contributed by atoms with Crippen LogP contribution in [0.5, 0.6) is 0 Å². The maximum atomic E-state index is 6.04. The zero-order valence-electron chi connectivity index (χ0n) is 9.35. The van der Waals surface area contributed by atoms with Crippen molar-refractivity contribution in [1.82, 2.24) is 0 Å². The van der Waals surface area contributed by atoms with E-state index in [1.165, 1.54) is 12.8 Å². The molecule has 0 aromatic heterocycles. The summed E-state index contributed by atoms with van der Waals surface area (Å²) in [6, 6.07) is 0.389. The average molecular weight is 171 g/mol. The van der Waals surface area contributed by atoms with E-state index in [0.717, 1.165) is 12.3 Å². The van der Waals surface area contributed by atoms with Gasteiger partial charge in [0.15, 0.2) is 0 Å². The number of nitrogens with two attached hydrogens (primary N) is 1. The Morgan fingerprint density at radius 1 is 1.25 bits per heavy atom. The second-order valence-electron chi connectivity index (χ2n) is 5.27. The van der Waals surface area contributed by atoms with Gasteiger partial charge in [-0.1, -0.05) is 41.0 Å². The van der Waals surface area contributed by atoms with E-state index >= 15 is 0 Å². The maximum absolute atomic E-state index is 6.04. The molecule has 2 atom stereocenters. The van der Waals surface area contributed by atoms with Crippen molar-refractivity contribution >= 4 is 0 Å². The van der Waals surface area contributed by atoms with Gasteiger partial charge in [-0.3, -0.25) is 0 Å². The van der Waals surface area contributed by atoms with E-state index in [-0.39, 0.29) is 0 Å². The first-order valence-electron chi connectivity index (χ1n) is 5.10. The first kappa shape index (κ1) is 12.0. The Morgan fingerprint density at radius 2 is 1.75 bits per heavy atom. The summed E-state index contributed by atoms with van der Waals surface area (Å²) >= 11 is 0. The second kappa shape index (κ2) is 4.86. The molecule has 0 spiro atoms. The van der Waals surface area contributed by atoms with E-state index < -0.39 is 0 Å². The fourth-order valence-corrected chi connectivity index (χ4v) is 1.55. The molecule has 0 bridgehead atoms. The summed E-state index contributed by atoms with van der Waals surface area (Å²) in [5, 5.41) is 0. The Morgan fingerprint density at radius 3 is 2.08 bits per heavy atom. The summed E-state index contributed by atoms with van der Waals surface area (Å²) in [5.41, 5.74) is 6.42. The highest BCUT2D eigenvalue weighted by Gasteiger charge is 2.16. The quantitative estimate of drug-likeness (QED) is 0.690. The van der Waals surface area contributed by atoms with Gasteiger partial charge in [-0.05, 0) is 24.2 Å². The lowest BCUT2D eigenvalue weighted by Gasteiger charge is -2.24. The Balaban J connectivity index is 3.66. The van der Waals surface area contributed by atoms with E-state index in [2.05, 4.69) is 34.6 Å². The number of hydrogen-bond donors (Lipinski definition) is 1. The molecule has 0 radical (unpaired) electrons. The van der Waals surface area contributed by atoms with Crippen molar-refractivity contribution in [1.29, 1.82) is 0 Å². The van der Waals surface area contributed by atoms with Crippen molar-refractivity contribution in [2.24, 2.45) is 17.1 Å². The smallest absolute Gasteiger partial charge is 0.00463 e. The molecule has 0 saturated heterocycles. The predicted molar refractivity (Wildman–Crippen MR) is 56.1 cm³/mol. The van der Waals surface area contributed by atoms with Crippen LogP contribution < -0.4 is 5.73 Å². The average Bonchev–Trinajstić information content (AvgIpc) is 1.82. The Kier molecular flexibility index (Phi) is 4.84. The van der Waals surface area contributed by atoms with Gasteiger partial charge in [0.25, 0.3) is 0 Å². The SMILES string of the molecule is CCC(C)CC(N)CC(C)(C)C. The van der Waals surface area contributed by atoms with Gasteiger partial charge in [0.05, 0.1) is 0 Å². The summed E-state index contributed by atoms with van der Waals surface area (Å²) in [6.07, 6.45) is 3.56. The van der Waals surface area contributed by atoms with E-state index in [0.29, 0.717) is 11.5 Å². The molecule has 0 aromatic carbocycles. The summed E-state index contributed by atoms with van der Waals surface area (Å²) < 4.78 is 0. The van der Waals surface area contributed by atoms with Crippen LogP contribution in [-0.2, 0) is 0 Å². The zero-order valence-corrected chi connectivity index (χ0v) is 9.35. The molecule has 12 heavy (non-hydrogen) atoms. The molecule has 0 aliphatic carbocycles. The van der Waals surface area contributed by atoms with Gasteiger partial charge in [-0.15, -0.1) is 0 Å². The van der Waals surface area contributed by atoms with Gasteiger partial charge in [0, 0.05) is 6.04 Å². The lowest BCUT2D eigenvalue weighted by atomic mass is 9.85. The van der Waals surface area contributed by atoms with Crippen LogP contribution in [0.25, 0.3) is 0 Å². The van der Waals surface area contributed by atoms with Crippen LogP contribution in [0.3, 0.4) is 0 Å². The third-order valence-electron chi connectivity index (χ3n) is 2.28. The molecule has 74 valence electrons. The van der Waals surface area contributed by atoms with Crippen molar-refractivity contribution in [2.75, 3.05) is 0 Å². The molecule has 0 aliphatic rings. The molecule has 0 fully saturated rings. The van der Waals surface area contributed by atoms with Crippen LogP contribution >= 0.6 is 0 Å². The van der Waals surface area contributed by atoms with Crippen LogP contribution in [0, 0.1) is 11.3 Å². The van der Waals surface area contributed by atoms with Gasteiger partial charge < -0.3 is 5.73 Å². The van der Waals surface area contributed by atoms with E-state index in [9.17, 15) is 0 Å². The van der Waals surface area contributed by atoms with Crippen LogP contribution in [0.1, 0.15) is 53.9 Å². The zero-order chi connectivity index (χ0) is 9.78. The van der Waals surface area contributed by atoms with Gasteiger partial charge in [-0.2, -0.15) is 0 Å². The van der Waals surface area contributed by atoms with Gasteiger partial charge in [0.1, 0.15) is 0 Å². The highest BCUT2D eigenvalue weighted by molar-refractivity contribution is 4.72. The molecule has 1 heteroatoms. The standard InChI is InChI=1S/C11H25N/c1-6-9(2)7-10(12)8-11(3,4)5/h9-10H,6-8,12H2,1-5H3. The van der Waals surface area contributed by atoms with Gasteiger partial charge >= 0.3 is 0 Å². The molecule has 0 saturated carbocycles. The first-order valence-corrected chi connectivity index (χ1v) is 5.10. The molecule has 2 N–H and O–H groups in total. The third-order valence-corrected chi connectivity index (χ3v) is 2.28. The van der Waals surface area contributed by atoms with Gasteiger partial charge in [0.2, 0.25) is 0 Å². The summed E-state index contributed by atoms with van der Waals surface area (Å²) in [6.45, 7) is 11.3. The minimum absolute atomic E-state index is 0.382. The van der Waals surface area contributed by atoms with Crippen LogP contribution in [-0.4, -0.2) is 6.04 Å². The molecular formula is C11H25N. The van der Waals surface area contributed by atoms with Crippen molar-refractivity contribution in [3.8, 4) is 0 Å². The molecule has 1 nitrogen and oxygen atoms in total. The van der Waals surface area contributed by atoms with Crippen molar-refractivity contribution in [2.45, 2.75) is 59.9 Å². The Labute approximate surface area is 77.7 Å². The first-order chi connectivity index (χ1) is 5.35. The topological polar surface area (TPSA) is 26.0 Å². The molecule has 0 heterocycles. The summed E-state index contributed by atoms with van der Waals surface area (Å²) in [7, 11) is 0. The highest BCUT2D eigenvalue weighted by Crippen LogP contribution is 2.23. The largest absolute Gasteiger partial charge is 0.328 e. The maximum Gasteiger partial charge on any atom is 0.00463 e. The van der Waals surface area contributed by atoms with Crippen molar-refractivity contribution in [3.05, 3.63) is 0 Å². The summed E-state index contributed by atoms with van der Waals surface area (Å²) in [5.74, 6) is 0.780. The lowest BCUT2D eigenvalue weighted by Crippen LogP contribution is -2.28. The number of hydrogen-bond acceptors (Lipinski definition) is 1. The third kappa shape index (κ3) is 6.66. The van der Waals surface area contributed by atoms with E-state index in [1.54, 1.807) is 0 Å². The molecule has 0 amide bonds. The molecule has 0 aliphatic heterocycles. The van der Waals surface area contributed by atoms with Crippen molar-refractivity contribution < 1.29 is 0 Å². The fourth-order valence-electron chi connectivity index (χ4n) is 1.55. The number of rotatable bonds is 4. The van der Waals surface area contributed by atoms with Crippen LogP contribution in [0.15, 0.2) is 0 Å². The predicted octanol–water partition coefficient (Wildman–Crippen LogP) is 3.19. The van der Waals surface area contributed by atoms with E-state index in [1.807, 2.05) is 0 Å². The molecule has 0 aromatic rings. The molecule has 0 rings (SSSR count). The second-order valence-corrected chi connectivity index (χ2v) is 5.27. The minimum atomic E-state index is 0.382. The van der Waals surface area contributed by atoms with Crippen LogP contribution in [0.2, 0.25) is 0 Å². The highest BCUT2D eigenvalue weighted by atomic mass is 14.6. The van der Waals surface area contributed by atoms with Gasteiger partial charge in [-0.25, -0.2) is 0 Å². The van der Waals surface area contributed by atoms with E-state index in [4.69, 9.17) is 5.73 Å². The van der Waals surface area contributed by atoms with Crippen molar-refractivity contribution in [3.63, 3.8) is 0 Å².